The molecule has 6 nitrogen and oxygen atoms in total. The average Bonchev–Trinajstić information content (AvgIpc) is 3.35. The van der Waals surface area contributed by atoms with Crippen LogP contribution in [0.5, 0.6) is 0 Å². The van der Waals surface area contributed by atoms with Crippen molar-refractivity contribution in [1.29, 1.82) is 0 Å². The Balaban J connectivity index is 4.60. The lowest BCUT2D eigenvalue weighted by Gasteiger charge is -2.18. The van der Waals surface area contributed by atoms with Gasteiger partial charge in [0.1, 0.15) is 13.2 Å². The fraction of sp³-hybridized carbons (Fsp3) is 0.540. The molecule has 0 aromatic heterocycles. The summed E-state index contributed by atoms with van der Waals surface area (Å²) < 4.78 is 16.7. The molecule has 1 atom stereocenters. The van der Waals surface area contributed by atoms with Crippen LogP contribution in [0.3, 0.4) is 0 Å². The Kier molecular flexibility index (Phi) is 51.6. The highest BCUT2D eigenvalue weighted by Gasteiger charge is 2.19. The van der Waals surface area contributed by atoms with Gasteiger partial charge in [-0.3, -0.25) is 14.4 Å². The summed E-state index contributed by atoms with van der Waals surface area (Å²) in [5, 5.41) is 0. The largest absolute Gasteiger partial charge is 0.462 e. The molecule has 6 heteroatoms. The lowest BCUT2D eigenvalue weighted by Crippen LogP contribution is -2.30. The highest BCUT2D eigenvalue weighted by molar-refractivity contribution is 5.71. The van der Waals surface area contributed by atoms with E-state index >= 15 is 0 Å². The molecule has 69 heavy (non-hydrogen) atoms. The standard InChI is InChI=1S/C63H96O6/c1-4-7-10-13-16-19-22-25-28-30-31-33-36-38-41-44-47-50-53-56-62(65)68-59-60(69-63(66)57-54-51-48-45-42-39-34-27-24-21-18-15-12-9-6-3)58-67-61(64)55-52-49-46-43-40-37-35-32-29-26-23-20-17-14-11-8-5-2/h7-12,16-21,25-29,31,33-35,37-38,41,43,46,60H,4-6,13-15,22-24,30,32,36,39-40,42,44-45,47-59H2,1-3H3. The summed E-state index contributed by atoms with van der Waals surface area (Å²) >= 11 is 0. The predicted molar refractivity (Wildman–Crippen MR) is 297 cm³/mol. The molecule has 0 fully saturated rings. The SMILES string of the molecule is CCC=CCC=CCC=CCC=CCC=CCCCCCC(=O)OCC(COC(=O)CCCC=CCC=CCC=CCC=CCC=CCC)OC(=O)CCCCCCCC=CCC=CCC=CCC. The van der Waals surface area contributed by atoms with Gasteiger partial charge in [0.2, 0.25) is 0 Å². The molecule has 0 saturated heterocycles. The minimum Gasteiger partial charge on any atom is -0.462 e. The summed E-state index contributed by atoms with van der Waals surface area (Å²) in [6.07, 6.45) is 80.9. The first-order valence-electron chi connectivity index (χ1n) is 27.0. The van der Waals surface area contributed by atoms with E-state index in [1.54, 1.807) is 0 Å². The number of carbonyl (C=O) groups excluding carboxylic acids is 3. The summed E-state index contributed by atoms with van der Waals surface area (Å²) in [6.45, 7) is 6.18. The van der Waals surface area contributed by atoms with E-state index in [1.807, 2.05) is 0 Å². The third kappa shape index (κ3) is 53.8. The minimum absolute atomic E-state index is 0.128. The zero-order chi connectivity index (χ0) is 50.0. The highest BCUT2D eigenvalue weighted by atomic mass is 16.6. The first-order chi connectivity index (χ1) is 34.0. The number of unbranched alkanes of at least 4 members (excludes halogenated alkanes) is 9. The van der Waals surface area contributed by atoms with Crippen LogP contribution in [0.25, 0.3) is 0 Å². The van der Waals surface area contributed by atoms with Crippen LogP contribution >= 0.6 is 0 Å². The van der Waals surface area contributed by atoms with Crippen LogP contribution in [-0.2, 0) is 28.6 Å². The van der Waals surface area contributed by atoms with Gasteiger partial charge in [0, 0.05) is 19.3 Å². The molecule has 0 aliphatic rings. The summed E-state index contributed by atoms with van der Waals surface area (Å²) in [7, 11) is 0. The molecule has 0 rings (SSSR count). The predicted octanol–water partition coefficient (Wildman–Crippen LogP) is 18.2. The summed E-state index contributed by atoms with van der Waals surface area (Å²) in [4.78, 5) is 38.1. The van der Waals surface area contributed by atoms with E-state index in [0.717, 1.165) is 154 Å². The molecular formula is C63H96O6. The Bertz CT molecular complexity index is 1610. The summed E-state index contributed by atoms with van der Waals surface area (Å²) in [5.41, 5.74) is 0. The van der Waals surface area contributed by atoms with Crippen LogP contribution in [-0.4, -0.2) is 37.2 Å². The second kappa shape index (κ2) is 55.6. The van der Waals surface area contributed by atoms with Crippen LogP contribution in [0.1, 0.15) is 201 Å². The fourth-order valence-electron chi connectivity index (χ4n) is 6.58. The molecule has 0 amide bonds. The van der Waals surface area contributed by atoms with Gasteiger partial charge in [-0.2, -0.15) is 0 Å². The minimum atomic E-state index is -0.832. The van der Waals surface area contributed by atoms with Crippen LogP contribution < -0.4 is 0 Å². The average molecular weight is 949 g/mol. The van der Waals surface area contributed by atoms with Gasteiger partial charge in [-0.1, -0.05) is 204 Å². The second-order valence-electron chi connectivity index (χ2n) is 17.0. The first-order valence-corrected chi connectivity index (χ1v) is 27.0. The van der Waals surface area contributed by atoms with E-state index in [-0.39, 0.29) is 44.0 Å². The molecule has 0 saturated carbocycles. The van der Waals surface area contributed by atoms with Gasteiger partial charge in [0.25, 0.3) is 0 Å². The fourth-order valence-corrected chi connectivity index (χ4v) is 6.58. The van der Waals surface area contributed by atoms with Crippen LogP contribution in [0.15, 0.2) is 158 Å². The summed E-state index contributed by atoms with van der Waals surface area (Å²) in [5.74, 6) is -1.05. The molecule has 0 aliphatic heterocycles. The van der Waals surface area contributed by atoms with Gasteiger partial charge in [0.15, 0.2) is 6.10 Å². The van der Waals surface area contributed by atoms with E-state index in [0.29, 0.717) is 12.8 Å². The number of allylic oxidation sites excluding steroid dienone is 26. The van der Waals surface area contributed by atoms with Gasteiger partial charge in [-0.15, -0.1) is 0 Å². The molecule has 0 aliphatic carbocycles. The maximum Gasteiger partial charge on any atom is 0.306 e. The third-order valence-corrected chi connectivity index (χ3v) is 10.5. The maximum atomic E-state index is 12.8. The van der Waals surface area contributed by atoms with Crippen LogP contribution in [0, 0.1) is 0 Å². The van der Waals surface area contributed by atoms with Gasteiger partial charge in [0.05, 0.1) is 0 Å². The van der Waals surface area contributed by atoms with Crippen molar-refractivity contribution in [3.05, 3.63) is 158 Å². The number of carbonyl (C=O) groups is 3. The summed E-state index contributed by atoms with van der Waals surface area (Å²) in [6, 6.07) is 0. The van der Waals surface area contributed by atoms with Crippen molar-refractivity contribution in [3.63, 3.8) is 0 Å². The molecule has 0 spiro atoms. The lowest BCUT2D eigenvalue weighted by atomic mass is 10.1. The Labute approximate surface area is 422 Å². The maximum absolute atomic E-state index is 12.8. The van der Waals surface area contributed by atoms with Crippen molar-refractivity contribution >= 4 is 17.9 Å². The van der Waals surface area contributed by atoms with Crippen molar-refractivity contribution in [1.82, 2.24) is 0 Å². The van der Waals surface area contributed by atoms with Crippen LogP contribution in [0.4, 0.5) is 0 Å². The molecule has 0 heterocycles. The van der Waals surface area contributed by atoms with Crippen molar-refractivity contribution in [2.24, 2.45) is 0 Å². The molecule has 0 N–H and O–H groups in total. The van der Waals surface area contributed by atoms with Crippen molar-refractivity contribution in [2.45, 2.75) is 207 Å². The topological polar surface area (TPSA) is 78.9 Å². The smallest absolute Gasteiger partial charge is 0.306 e. The van der Waals surface area contributed by atoms with Crippen molar-refractivity contribution in [2.75, 3.05) is 13.2 Å². The Morgan fingerprint density at radius 2 is 0.536 bits per heavy atom. The quantitative estimate of drug-likeness (QED) is 0.0262. The molecule has 384 valence electrons. The second-order valence-corrected chi connectivity index (χ2v) is 17.0. The van der Waals surface area contributed by atoms with E-state index < -0.39 is 6.10 Å². The monoisotopic (exact) mass is 949 g/mol. The first kappa shape index (κ1) is 64.0. The molecule has 1 unspecified atom stereocenters. The van der Waals surface area contributed by atoms with Gasteiger partial charge in [-0.25, -0.2) is 0 Å². The lowest BCUT2D eigenvalue weighted by molar-refractivity contribution is -0.167. The Hall–Kier alpha value is -4.97. The van der Waals surface area contributed by atoms with Gasteiger partial charge in [-0.05, 0) is 135 Å². The number of hydrogen-bond donors (Lipinski definition) is 0. The zero-order valence-electron chi connectivity index (χ0n) is 43.8. The van der Waals surface area contributed by atoms with E-state index in [1.165, 1.54) is 0 Å². The third-order valence-electron chi connectivity index (χ3n) is 10.5. The molecule has 0 aromatic rings. The number of hydrogen-bond acceptors (Lipinski definition) is 6. The highest BCUT2D eigenvalue weighted by Crippen LogP contribution is 2.12. The Morgan fingerprint density at radius 1 is 0.290 bits per heavy atom. The number of esters is 3. The number of rotatable bonds is 46. The van der Waals surface area contributed by atoms with Crippen molar-refractivity contribution in [3.8, 4) is 0 Å². The van der Waals surface area contributed by atoms with Gasteiger partial charge >= 0.3 is 17.9 Å². The van der Waals surface area contributed by atoms with E-state index in [2.05, 4.69) is 179 Å². The molecule has 0 radical (unpaired) electrons. The zero-order valence-corrected chi connectivity index (χ0v) is 43.8. The van der Waals surface area contributed by atoms with Gasteiger partial charge < -0.3 is 14.2 Å². The van der Waals surface area contributed by atoms with E-state index in [4.69, 9.17) is 14.2 Å². The normalized spacial score (nSPS) is 13.4. The van der Waals surface area contributed by atoms with E-state index in [9.17, 15) is 14.4 Å². The molecule has 0 bridgehead atoms. The van der Waals surface area contributed by atoms with Crippen LogP contribution in [0.2, 0.25) is 0 Å². The Morgan fingerprint density at radius 3 is 0.884 bits per heavy atom. The van der Waals surface area contributed by atoms with Crippen molar-refractivity contribution < 1.29 is 28.6 Å². The number of ether oxygens (including phenoxy) is 3. The molecular weight excluding hydrogens is 853 g/mol. The molecule has 0 aromatic carbocycles.